The van der Waals surface area contributed by atoms with Crippen molar-refractivity contribution in [3.63, 3.8) is 0 Å². The number of nitrogens with zero attached hydrogens (tertiary/aromatic N) is 2. The van der Waals surface area contributed by atoms with Crippen LogP contribution in [0.15, 0.2) is 107 Å². The van der Waals surface area contributed by atoms with Crippen molar-refractivity contribution in [2.75, 3.05) is 31.1 Å². The molecule has 0 spiro atoms. The molecule has 5 aromatic carbocycles. The van der Waals surface area contributed by atoms with Gasteiger partial charge in [-0.15, -0.1) is 0 Å². The Morgan fingerprint density at radius 1 is 0.842 bits per heavy atom. The van der Waals surface area contributed by atoms with Crippen LogP contribution in [0.25, 0.3) is 11.1 Å². The fourth-order valence-corrected chi connectivity index (χ4v) is 10.1. The second-order valence-electron chi connectivity index (χ2n) is 14.9. The largest absolute Gasteiger partial charge is 0.466 e. The Hall–Kier alpha value is -5.11. The molecular weight excluding hydrogens is 761 g/mol. The third-order valence-electron chi connectivity index (χ3n) is 11.4. The third kappa shape index (κ3) is 7.10. The molecule has 10 nitrogen and oxygen atoms in total. The van der Waals surface area contributed by atoms with Gasteiger partial charge in [-0.2, -0.15) is 17.8 Å². The van der Waals surface area contributed by atoms with Crippen molar-refractivity contribution >= 4 is 49.7 Å². The zero-order valence-electron chi connectivity index (χ0n) is 31.7. The van der Waals surface area contributed by atoms with E-state index < -0.39 is 21.2 Å². The van der Waals surface area contributed by atoms with Gasteiger partial charge in [-0.25, -0.2) is 4.21 Å². The number of fused-ring (bicyclic) bond motifs is 4. The summed E-state index contributed by atoms with van der Waals surface area (Å²) in [5, 5.41) is 3.46. The van der Waals surface area contributed by atoms with Crippen molar-refractivity contribution in [3.05, 3.63) is 141 Å². The summed E-state index contributed by atoms with van der Waals surface area (Å²) in [6.07, 6.45) is 3.41. The Balaban J connectivity index is 1.14. The number of esters is 1. The number of carbonyl (C=O) groups excluding carboxylic acids is 1. The van der Waals surface area contributed by atoms with Crippen LogP contribution in [0.4, 0.5) is 11.4 Å². The number of ether oxygens (including phenoxy) is 2. The number of piperidine rings is 1. The van der Waals surface area contributed by atoms with Gasteiger partial charge in [-0.3, -0.25) is 9.35 Å². The Morgan fingerprint density at radius 2 is 1.65 bits per heavy atom. The van der Waals surface area contributed by atoms with Crippen molar-refractivity contribution in [3.8, 4) is 11.5 Å². The molecule has 1 atom stereocenters. The molecule has 3 heterocycles. The number of anilines is 2. The first-order valence-corrected chi connectivity index (χ1v) is 21.9. The van der Waals surface area contributed by atoms with Crippen LogP contribution in [-0.4, -0.2) is 54.5 Å². The van der Waals surface area contributed by atoms with Crippen LogP contribution in [0.5, 0.6) is 11.5 Å². The summed E-state index contributed by atoms with van der Waals surface area (Å²) in [4.78, 5) is 15.1. The molecule has 9 rings (SSSR count). The minimum Gasteiger partial charge on any atom is -0.466 e. The lowest BCUT2D eigenvalue weighted by molar-refractivity contribution is -0.153. The molecule has 12 heteroatoms. The van der Waals surface area contributed by atoms with Crippen LogP contribution in [-0.2, 0) is 47.9 Å². The van der Waals surface area contributed by atoms with Gasteiger partial charge in [0.05, 0.1) is 22.3 Å². The quantitative estimate of drug-likeness (QED) is 0.132. The van der Waals surface area contributed by atoms with Crippen LogP contribution < -0.4 is 20.1 Å². The second-order valence-corrected chi connectivity index (χ2v) is 17.4. The molecule has 0 aromatic heterocycles. The SMILES string of the molecule is CCOC(=O)C1CCN(OS(=O)c2ccccc2C2=c3cc/c(=C4/CCc5cc(S(=O)(=O)O)ccc54)cc3Oc3cc(N4CCc5cc(C)ccc54)ccc32)CC1. The molecule has 0 amide bonds. The molecule has 1 unspecified atom stereocenters. The van der Waals surface area contributed by atoms with E-state index in [9.17, 15) is 22.0 Å². The average molecular weight is 803 g/mol. The number of hydrogen-bond donors (Lipinski definition) is 1. The molecule has 0 radical (unpaired) electrons. The summed E-state index contributed by atoms with van der Waals surface area (Å²) in [6.45, 7) is 6.02. The van der Waals surface area contributed by atoms with Crippen LogP contribution in [0.1, 0.15) is 59.6 Å². The van der Waals surface area contributed by atoms with Crippen molar-refractivity contribution in [1.29, 1.82) is 0 Å². The summed E-state index contributed by atoms with van der Waals surface area (Å²) in [5.74, 6) is 0.913. The molecule has 3 aliphatic heterocycles. The number of hydroxylamine groups is 2. The van der Waals surface area contributed by atoms with Gasteiger partial charge < -0.3 is 14.4 Å². The van der Waals surface area contributed by atoms with Gasteiger partial charge in [0, 0.05) is 59.0 Å². The predicted molar refractivity (Wildman–Crippen MR) is 218 cm³/mol. The van der Waals surface area contributed by atoms with Crippen molar-refractivity contribution in [2.45, 2.75) is 55.7 Å². The Labute approximate surface area is 334 Å². The highest BCUT2D eigenvalue weighted by Crippen LogP contribution is 2.43. The smallest absolute Gasteiger partial charge is 0.309 e. The van der Waals surface area contributed by atoms with Gasteiger partial charge in [-0.05, 0) is 122 Å². The summed E-state index contributed by atoms with van der Waals surface area (Å²) < 4.78 is 65.7. The lowest BCUT2D eigenvalue weighted by Crippen LogP contribution is -2.37. The van der Waals surface area contributed by atoms with E-state index in [2.05, 4.69) is 54.3 Å². The van der Waals surface area contributed by atoms with Gasteiger partial charge in [-0.1, -0.05) is 48.0 Å². The van der Waals surface area contributed by atoms with E-state index in [-0.39, 0.29) is 16.8 Å². The lowest BCUT2D eigenvalue weighted by Gasteiger charge is -2.29. The molecule has 1 saturated heterocycles. The number of hydrogen-bond acceptors (Lipinski definition) is 9. The van der Waals surface area contributed by atoms with E-state index >= 15 is 0 Å². The summed E-state index contributed by atoms with van der Waals surface area (Å²) >= 11 is -1.87. The van der Waals surface area contributed by atoms with Gasteiger partial charge in [0.1, 0.15) is 11.5 Å². The summed E-state index contributed by atoms with van der Waals surface area (Å²) in [7, 11) is -4.32. The zero-order valence-corrected chi connectivity index (χ0v) is 33.3. The van der Waals surface area contributed by atoms with E-state index in [1.165, 1.54) is 22.9 Å². The highest BCUT2D eigenvalue weighted by atomic mass is 32.2. The standard InChI is InChI=1S/C45H42N2O8S2/c1-3-53-45(48)29-18-21-46(22-19-29)55-56(49)43-7-5-4-6-39(43)44-37-14-10-31(35-13-9-30-25-34(57(50,51)52)12-16-36(30)35)26-41(37)54-42-27-33(11-15-38(42)44)47-23-20-32-24-28(2)8-17-40(32)47/h4-8,10-12,14-17,24-27,29H,3,9,13,18-23H2,1-2H3,(H,50,51,52)/b35-31+. The zero-order chi connectivity index (χ0) is 39.4. The van der Waals surface area contributed by atoms with Crippen molar-refractivity contribution in [2.24, 2.45) is 5.92 Å². The van der Waals surface area contributed by atoms with Gasteiger partial charge >= 0.3 is 5.97 Å². The first-order chi connectivity index (χ1) is 27.6. The van der Waals surface area contributed by atoms with Gasteiger partial charge in [0.2, 0.25) is 11.1 Å². The summed E-state index contributed by atoms with van der Waals surface area (Å²) in [6, 6.07) is 31.3. The number of carbonyl (C=O) groups is 1. The molecule has 292 valence electrons. The van der Waals surface area contributed by atoms with Crippen LogP contribution in [0.3, 0.4) is 0 Å². The first-order valence-electron chi connectivity index (χ1n) is 19.3. The first kappa shape index (κ1) is 37.5. The number of aryl methyl sites for hydroxylation is 2. The maximum Gasteiger partial charge on any atom is 0.309 e. The van der Waals surface area contributed by atoms with E-state index in [1.54, 1.807) is 24.1 Å². The lowest BCUT2D eigenvalue weighted by atomic mass is 9.92. The maximum absolute atomic E-state index is 14.2. The molecule has 57 heavy (non-hydrogen) atoms. The number of benzene rings is 5. The third-order valence-corrected chi connectivity index (χ3v) is 13.3. The molecule has 0 bridgehead atoms. The Bertz CT molecular complexity index is 2720. The van der Waals surface area contributed by atoms with Crippen LogP contribution in [0.2, 0.25) is 0 Å². The highest BCUT2D eigenvalue weighted by molar-refractivity contribution is 7.85. The van der Waals surface area contributed by atoms with E-state index in [1.807, 2.05) is 36.4 Å². The number of rotatable bonds is 8. The van der Waals surface area contributed by atoms with Crippen LogP contribution in [0, 0.1) is 12.8 Å². The molecule has 1 N–H and O–H groups in total. The molecular formula is C45H42N2O8S2. The molecule has 1 fully saturated rings. The maximum atomic E-state index is 14.2. The predicted octanol–water partition coefficient (Wildman–Crippen LogP) is 6.66. The van der Waals surface area contributed by atoms with Gasteiger partial charge in [0.15, 0.2) is 0 Å². The minimum atomic E-state index is -4.32. The average Bonchev–Trinajstić information content (AvgIpc) is 3.83. The molecule has 4 aliphatic rings. The van der Waals surface area contributed by atoms with Crippen molar-refractivity contribution < 1.29 is 35.7 Å². The second kappa shape index (κ2) is 15.0. The Morgan fingerprint density at radius 3 is 2.46 bits per heavy atom. The fourth-order valence-electron chi connectivity index (χ4n) is 8.63. The minimum absolute atomic E-state index is 0.111. The van der Waals surface area contributed by atoms with Crippen molar-refractivity contribution in [1.82, 2.24) is 5.06 Å². The van der Waals surface area contributed by atoms with Gasteiger partial charge in [0.25, 0.3) is 10.1 Å². The monoisotopic (exact) mass is 802 g/mol. The molecule has 5 aromatic rings. The topological polar surface area (TPSA) is 123 Å². The highest BCUT2D eigenvalue weighted by Gasteiger charge is 2.31. The fraction of sp³-hybridized carbons (Fsp3) is 0.267. The van der Waals surface area contributed by atoms with Crippen LogP contribution >= 0.6 is 0 Å². The molecule has 0 saturated carbocycles. The van der Waals surface area contributed by atoms with E-state index in [0.717, 1.165) is 62.5 Å². The normalized spacial score (nSPS) is 18.0. The summed E-state index contributed by atoms with van der Waals surface area (Å²) in [5.41, 5.74) is 10.1. The van der Waals surface area contributed by atoms with E-state index in [0.29, 0.717) is 61.8 Å². The Kier molecular flexibility index (Phi) is 9.86. The van der Waals surface area contributed by atoms with E-state index in [4.69, 9.17) is 13.8 Å². The molecule has 1 aliphatic carbocycles.